The SMILES string of the molecule is CCC(C)NC(=O)C(Cc1ccccc1)N(Cc1cccc(Br)c1)C(=O)CCCN(c1ccc(F)cc1)S(C)(=O)=O. The standard InChI is InChI=1S/C31H37BrFN3O4S/c1-4-23(2)34-31(38)29(21-24-10-6-5-7-11-24)35(22-25-12-8-13-26(32)20-25)30(37)14-9-19-36(41(3,39)40)28-17-15-27(33)16-18-28/h5-8,10-13,15-18,20,23,29H,4,9,14,19,21-22H2,1-3H3,(H,34,38). The van der Waals surface area contributed by atoms with Crippen molar-refractivity contribution in [3.8, 4) is 0 Å². The third kappa shape index (κ3) is 9.97. The molecule has 0 saturated heterocycles. The van der Waals surface area contributed by atoms with Gasteiger partial charge >= 0.3 is 0 Å². The summed E-state index contributed by atoms with van der Waals surface area (Å²) in [5.41, 5.74) is 2.09. The first-order valence-corrected chi connectivity index (χ1v) is 16.2. The highest BCUT2D eigenvalue weighted by Crippen LogP contribution is 2.21. The van der Waals surface area contributed by atoms with E-state index >= 15 is 0 Å². The van der Waals surface area contributed by atoms with Crippen LogP contribution in [-0.4, -0.2) is 50.0 Å². The quantitative estimate of drug-likeness (QED) is 0.244. The molecule has 1 N–H and O–H groups in total. The number of sulfonamides is 1. The minimum atomic E-state index is -3.67. The molecule has 0 heterocycles. The van der Waals surface area contributed by atoms with E-state index in [-0.39, 0.29) is 43.8 Å². The van der Waals surface area contributed by atoms with Crippen LogP contribution in [0.3, 0.4) is 0 Å². The minimum absolute atomic E-state index is 0.0170. The zero-order valence-corrected chi connectivity index (χ0v) is 26.0. The average molecular weight is 647 g/mol. The van der Waals surface area contributed by atoms with Crippen LogP contribution in [0.1, 0.15) is 44.2 Å². The number of carbonyl (C=O) groups excluding carboxylic acids is 2. The van der Waals surface area contributed by atoms with Gasteiger partial charge in [-0.1, -0.05) is 65.3 Å². The first kappa shape index (κ1) is 32.3. The maximum absolute atomic E-state index is 13.9. The molecule has 3 aromatic rings. The summed E-state index contributed by atoms with van der Waals surface area (Å²) < 4.78 is 40.5. The number of nitrogens with one attached hydrogen (secondary N) is 1. The topological polar surface area (TPSA) is 86.8 Å². The van der Waals surface area contributed by atoms with Crippen LogP contribution in [0.2, 0.25) is 0 Å². The summed E-state index contributed by atoms with van der Waals surface area (Å²) in [5.74, 6) is -0.978. The molecule has 2 amide bonds. The smallest absolute Gasteiger partial charge is 0.243 e. The number of benzene rings is 3. The van der Waals surface area contributed by atoms with Crippen LogP contribution in [0.25, 0.3) is 0 Å². The Morgan fingerprint density at radius 1 is 0.976 bits per heavy atom. The highest BCUT2D eigenvalue weighted by atomic mass is 79.9. The van der Waals surface area contributed by atoms with Gasteiger partial charge in [0.25, 0.3) is 0 Å². The van der Waals surface area contributed by atoms with Crippen LogP contribution in [0.5, 0.6) is 0 Å². The van der Waals surface area contributed by atoms with Crippen molar-refractivity contribution in [2.45, 2.75) is 58.2 Å². The number of anilines is 1. The van der Waals surface area contributed by atoms with E-state index in [1.54, 1.807) is 4.90 Å². The van der Waals surface area contributed by atoms with Gasteiger partial charge in [0.05, 0.1) is 11.9 Å². The molecule has 41 heavy (non-hydrogen) atoms. The molecule has 2 atom stereocenters. The molecule has 0 aliphatic heterocycles. The molecule has 0 bridgehead atoms. The Morgan fingerprint density at radius 2 is 1.63 bits per heavy atom. The maximum atomic E-state index is 13.9. The van der Waals surface area contributed by atoms with Crippen molar-refractivity contribution in [1.29, 1.82) is 0 Å². The van der Waals surface area contributed by atoms with Crippen molar-refractivity contribution < 1.29 is 22.4 Å². The van der Waals surface area contributed by atoms with Crippen LogP contribution in [0.15, 0.2) is 83.3 Å². The van der Waals surface area contributed by atoms with Crippen LogP contribution in [0.4, 0.5) is 10.1 Å². The highest BCUT2D eigenvalue weighted by molar-refractivity contribution is 9.10. The summed E-state index contributed by atoms with van der Waals surface area (Å²) in [6.07, 6.45) is 2.38. The Hall–Kier alpha value is -3.24. The molecule has 0 aliphatic carbocycles. The lowest BCUT2D eigenvalue weighted by Crippen LogP contribution is -2.52. The van der Waals surface area contributed by atoms with Crippen molar-refractivity contribution in [2.24, 2.45) is 0 Å². The molecule has 10 heteroatoms. The second kappa shape index (κ2) is 15.1. The van der Waals surface area contributed by atoms with Crippen molar-refractivity contribution in [3.63, 3.8) is 0 Å². The van der Waals surface area contributed by atoms with E-state index in [2.05, 4.69) is 21.2 Å². The van der Waals surface area contributed by atoms with E-state index in [1.165, 1.54) is 24.3 Å². The number of hydrogen-bond donors (Lipinski definition) is 1. The molecule has 7 nitrogen and oxygen atoms in total. The van der Waals surface area contributed by atoms with E-state index in [4.69, 9.17) is 0 Å². The fraction of sp³-hybridized carbons (Fsp3) is 0.355. The fourth-order valence-corrected chi connectivity index (χ4v) is 5.85. The van der Waals surface area contributed by atoms with Gasteiger partial charge in [-0.05, 0) is 67.3 Å². The Bertz CT molecular complexity index is 1400. The largest absolute Gasteiger partial charge is 0.352 e. The molecular formula is C31H37BrFN3O4S. The fourth-order valence-electron chi connectivity index (χ4n) is 4.44. The number of nitrogens with zero attached hydrogens (tertiary/aromatic N) is 2. The summed E-state index contributed by atoms with van der Waals surface area (Å²) in [7, 11) is -3.67. The van der Waals surface area contributed by atoms with Crippen LogP contribution in [-0.2, 0) is 32.6 Å². The molecule has 3 aromatic carbocycles. The lowest BCUT2D eigenvalue weighted by atomic mass is 10.0. The molecule has 0 fully saturated rings. The maximum Gasteiger partial charge on any atom is 0.243 e. The number of hydrogen-bond acceptors (Lipinski definition) is 4. The van der Waals surface area contributed by atoms with Crippen LogP contribution in [0, 0.1) is 5.82 Å². The Labute approximate surface area is 250 Å². The number of carbonyl (C=O) groups is 2. The number of amides is 2. The van der Waals surface area contributed by atoms with E-state index in [0.29, 0.717) is 12.1 Å². The third-order valence-corrected chi connectivity index (χ3v) is 8.47. The van der Waals surface area contributed by atoms with E-state index in [0.717, 1.165) is 32.6 Å². The first-order valence-electron chi connectivity index (χ1n) is 13.6. The second-order valence-electron chi connectivity index (χ2n) is 10.1. The first-order chi connectivity index (χ1) is 19.5. The van der Waals surface area contributed by atoms with Gasteiger partial charge in [-0.25, -0.2) is 12.8 Å². The molecule has 0 aliphatic rings. The van der Waals surface area contributed by atoms with Gasteiger partial charge in [0.2, 0.25) is 21.8 Å². The summed E-state index contributed by atoms with van der Waals surface area (Å²) in [6, 6.07) is 21.5. The highest BCUT2D eigenvalue weighted by Gasteiger charge is 2.31. The van der Waals surface area contributed by atoms with Gasteiger partial charge in [0, 0.05) is 36.4 Å². The van der Waals surface area contributed by atoms with Gasteiger partial charge in [-0.3, -0.25) is 13.9 Å². The van der Waals surface area contributed by atoms with E-state index in [1.807, 2.05) is 68.4 Å². The van der Waals surface area contributed by atoms with Gasteiger partial charge in [-0.15, -0.1) is 0 Å². The van der Waals surface area contributed by atoms with Crippen molar-refractivity contribution in [3.05, 3.63) is 100 Å². The van der Waals surface area contributed by atoms with Crippen molar-refractivity contribution in [2.75, 3.05) is 17.1 Å². The summed E-state index contributed by atoms with van der Waals surface area (Å²) in [6.45, 7) is 4.14. The molecule has 0 saturated carbocycles. The lowest BCUT2D eigenvalue weighted by Gasteiger charge is -2.32. The zero-order chi connectivity index (χ0) is 30.0. The predicted molar refractivity (Wildman–Crippen MR) is 164 cm³/mol. The second-order valence-corrected chi connectivity index (χ2v) is 12.9. The van der Waals surface area contributed by atoms with Crippen molar-refractivity contribution in [1.82, 2.24) is 10.2 Å². The Balaban J connectivity index is 1.89. The van der Waals surface area contributed by atoms with E-state index < -0.39 is 21.9 Å². The molecule has 220 valence electrons. The Kier molecular flexibility index (Phi) is 11.9. The molecule has 0 radical (unpaired) electrons. The molecule has 2 unspecified atom stereocenters. The van der Waals surface area contributed by atoms with Crippen LogP contribution >= 0.6 is 15.9 Å². The third-order valence-electron chi connectivity index (χ3n) is 6.78. The minimum Gasteiger partial charge on any atom is -0.352 e. The Morgan fingerprint density at radius 3 is 2.24 bits per heavy atom. The summed E-state index contributed by atoms with van der Waals surface area (Å²) in [4.78, 5) is 29.1. The lowest BCUT2D eigenvalue weighted by molar-refractivity contribution is -0.141. The molecule has 3 rings (SSSR count). The normalized spacial score (nSPS) is 12.8. The van der Waals surface area contributed by atoms with Crippen molar-refractivity contribution >= 4 is 43.5 Å². The molecule has 0 spiro atoms. The van der Waals surface area contributed by atoms with Crippen LogP contribution < -0.4 is 9.62 Å². The molecule has 0 aromatic heterocycles. The van der Waals surface area contributed by atoms with E-state index in [9.17, 15) is 22.4 Å². The monoisotopic (exact) mass is 645 g/mol. The molecular weight excluding hydrogens is 609 g/mol. The number of rotatable bonds is 14. The van der Waals surface area contributed by atoms with Gasteiger partial charge < -0.3 is 10.2 Å². The average Bonchev–Trinajstić information content (AvgIpc) is 2.93. The summed E-state index contributed by atoms with van der Waals surface area (Å²) >= 11 is 3.49. The van der Waals surface area contributed by atoms with Gasteiger partial charge in [0.15, 0.2) is 0 Å². The zero-order valence-electron chi connectivity index (χ0n) is 23.6. The number of halogens is 2. The predicted octanol–water partition coefficient (Wildman–Crippen LogP) is 5.69. The summed E-state index contributed by atoms with van der Waals surface area (Å²) in [5, 5.41) is 3.04. The van der Waals surface area contributed by atoms with Gasteiger partial charge in [-0.2, -0.15) is 0 Å². The van der Waals surface area contributed by atoms with Gasteiger partial charge in [0.1, 0.15) is 11.9 Å².